The molecule has 4 heterocycles. The maximum atomic E-state index is 13.7. The van der Waals surface area contributed by atoms with Crippen LogP contribution in [0.25, 0.3) is 20.7 Å². The maximum absolute atomic E-state index is 13.7. The van der Waals surface area contributed by atoms with E-state index in [4.69, 9.17) is 15.5 Å². The molecule has 1 aliphatic heterocycles. The highest BCUT2D eigenvalue weighted by Crippen LogP contribution is 2.43. The van der Waals surface area contributed by atoms with Crippen LogP contribution in [0.4, 0.5) is 11.4 Å². The summed E-state index contributed by atoms with van der Waals surface area (Å²) in [6.07, 6.45) is 1.98. The fourth-order valence-corrected chi connectivity index (χ4v) is 6.46. The van der Waals surface area contributed by atoms with E-state index in [2.05, 4.69) is 10.6 Å². The predicted octanol–water partition coefficient (Wildman–Crippen LogP) is 5.69. The Bertz CT molecular complexity index is 1450. The molecule has 1 aromatic carbocycles. The van der Waals surface area contributed by atoms with Gasteiger partial charge in [0.1, 0.15) is 9.71 Å². The lowest BCUT2D eigenvalue weighted by molar-refractivity contribution is 0.0861. The minimum Gasteiger partial charge on any atom is -0.397 e. The lowest BCUT2D eigenvalue weighted by atomic mass is 9.99. The monoisotopic (exact) mass is 520 g/mol. The Morgan fingerprint density at radius 1 is 1.19 bits per heavy atom. The summed E-state index contributed by atoms with van der Waals surface area (Å²) in [4.78, 5) is 33.4. The van der Waals surface area contributed by atoms with E-state index in [-0.39, 0.29) is 17.9 Å². The number of nitrogens with zero attached hydrogens (tertiary/aromatic N) is 1. The van der Waals surface area contributed by atoms with Crippen LogP contribution in [0.1, 0.15) is 49.7 Å². The third kappa shape index (κ3) is 4.61. The predicted molar refractivity (Wildman–Crippen MR) is 147 cm³/mol. The average Bonchev–Trinajstić information content (AvgIpc) is 3.60. The van der Waals surface area contributed by atoms with Crippen LogP contribution >= 0.6 is 22.7 Å². The Morgan fingerprint density at radius 3 is 2.72 bits per heavy atom. The number of fused-ring (bicyclic) bond motifs is 1. The molecule has 1 fully saturated rings. The van der Waals surface area contributed by atoms with Gasteiger partial charge in [0, 0.05) is 34.7 Å². The zero-order valence-corrected chi connectivity index (χ0v) is 22.1. The molecule has 9 heteroatoms. The van der Waals surface area contributed by atoms with E-state index in [1.807, 2.05) is 56.5 Å². The van der Waals surface area contributed by atoms with Gasteiger partial charge in [-0.05, 0) is 56.7 Å². The highest BCUT2D eigenvalue weighted by molar-refractivity contribution is 7.21. The van der Waals surface area contributed by atoms with E-state index >= 15 is 0 Å². The molecule has 3 aromatic heterocycles. The summed E-state index contributed by atoms with van der Waals surface area (Å²) in [7, 11) is 0. The van der Waals surface area contributed by atoms with Crippen molar-refractivity contribution in [1.29, 1.82) is 0 Å². The number of thiophene rings is 2. The molecule has 4 N–H and O–H groups in total. The highest BCUT2D eigenvalue weighted by atomic mass is 32.1. The SMILES string of the molecule is Cc1ccc(NC(=O)c2c(C)nc3sc(C(=O)NCC4CCCO4)c(N)c3c2-c2cccs2)c(C)c1. The summed E-state index contributed by atoms with van der Waals surface area (Å²) in [5.41, 5.74) is 11.5. The molecule has 1 saturated heterocycles. The number of hydrogen-bond donors (Lipinski definition) is 3. The minimum absolute atomic E-state index is 0.0344. The standard InChI is InChI=1S/C27H28N4O3S2/c1-14-8-9-18(15(2)12-14)31-25(32)20-16(3)30-27-22(21(20)19-7-5-11-35-19)23(28)24(36-27)26(33)29-13-17-6-4-10-34-17/h5,7-9,11-12,17H,4,6,10,13,28H2,1-3H3,(H,29,33)(H,31,32). The van der Waals surface area contributed by atoms with Gasteiger partial charge in [-0.25, -0.2) is 4.98 Å². The first-order valence-electron chi connectivity index (χ1n) is 11.9. The van der Waals surface area contributed by atoms with Crippen molar-refractivity contribution in [3.8, 4) is 10.4 Å². The number of pyridine rings is 1. The largest absolute Gasteiger partial charge is 0.397 e. The third-order valence-electron chi connectivity index (χ3n) is 6.40. The van der Waals surface area contributed by atoms with E-state index in [0.717, 1.165) is 41.1 Å². The Kier molecular flexibility index (Phi) is 6.79. The van der Waals surface area contributed by atoms with E-state index < -0.39 is 0 Å². The second-order valence-corrected chi connectivity index (χ2v) is 11.0. The van der Waals surface area contributed by atoms with Crippen LogP contribution in [-0.4, -0.2) is 36.1 Å². The van der Waals surface area contributed by atoms with Gasteiger partial charge in [-0.3, -0.25) is 9.59 Å². The molecular weight excluding hydrogens is 492 g/mol. The number of carbonyl (C=O) groups excluding carboxylic acids is 2. The molecule has 0 aliphatic carbocycles. The van der Waals surface area contributed by atoms with Gasteiger partial charge in [0.25, 0.3) is 11.8 Å². The zero-order valence-electron chi connectivity index (χ0n) is 20.4. The average molecular weight is 521 g/mol. The van der Waals surface area contributed by atoms with Crippen molar-refractivity contribution < 1.29 is 14.3 Å². The summed E-state index contributed by atoms with van der Waals surface area (Å²) >= 11 is 2.77. The van der Waals surface area contributed by atoms with Gasteiger partial charge in [0.05, 0.1) is 23.0 Å². The quantitative estimate of drug-likeness (QED) is 0.303. The number of nitrogens with one attached hydrogen (secondary N) is 2. The van der Waals surface area contributed by atoms with E-state index in [0.29, 0.717) is 44.1 Å². The molecular formula is C27H28N4O3S2. The van der Waals surface area contributed by atoms with Crippen molar-refractivity contribution in [3.63, 3.8) is 0 Å². The molecule has 4 aromatic rings. The number of amides is 2. The molecule has 1 atom stereocenters. The first-order valence-corrected chi connectivity index (χ1v) is 13.6. The van der Waals surface area contributed by atoms with Gasteiger partial charge in [-0.15, -0.1) is 22.7 Å². The fourth-order valence-electron chi connectivity index (χ4n) is 4.61. The summed E-state index contributed by atoms with van der Waals surface area (Å²) in [6.45, 7) is 6.98. The van der Waals surface area contributed by atoms with Gasteiger partial charge in [0.15, 0.2) is 0 Å². The summed E-state index contributed by atoms with van der Waals surface area (Å²) in [5.74, 6) is -0.505. The van der Waals surface area contributed by atoms with Crippen molar-refractivity contribution in [2.45, 2.75) is 39.7 Å². The summed E-state index contributed by atoms with van der Waals surface area (Å²) in [5, 5.41) is 8.61. The molecule has 1 unspecified atom stereocenters. The molecule has 0 radical (unpaired) electrons. The third-order valence-corrected chi connectivity index (χ3v) is 8.39. The van der Waals surface area contributed by atoms with Crippen LogP contribution in [0.3, 0.4) is 0 Å². The van der Waals surface area contributed by atoms with Gasteiger partial charge >= 0.3 is 0 Å². The van der Waals surface area contributed by atoms with E-state index in [9.17, 15) is 9.59 Å². The van der Waals surface area contributed by atoms with Crippen LogP contribution in [0.5, 0.6) is 0 Å². The van der Waals surface area contributed by atoms with E-state index in [1.165, 1.54) is 22.7 Å². The van der Waals surface area contributed by atoms with Crippen molar-refractivity contribution in [2.24, 2.45) is 0 Å². The molecule has 5 rings (SSSR count). The van der Waals surface area contributed by atoms with Gasteiger partial charge in [-0.2, -0.15) is 0 Å². The number of anilines is 2. The van der Waals surface area contributed by atoms with Crippen molar-refractivity contribution in [3.05, 3.63) is 63.0 Å². The van der Waals surface area contributed by atoms with Crippen molar-refractivity contribution in [1.82, 2.24) is 10.3 Å². The second kappa shape index (κ2) is 10.0. The van der Waals surface area contributed by atoms with Crippen LogP contribution in [0.2, 0.25) is 0 Å². The first kappa shape index (κ1) is 24.4. The number of aryl methyl sites for hydroxylation is 3. The maximum Gasteiger partial charge on any atom is 0.263 e. The molecule has 0 saturated carbocycles. The number of carbonyl (C=O) groups is 2. The Balaban J connectivity index is 1.58. The molecule has 0 spiro atoms. The van der Waals surface area contributed by atoms with Gasteiger partial charge < -0.3 is 21.1 Å². The van der Waals surface area contributed by atoms with E-state index in [1.54, 1.807) is 0 Å². The number of nitrogen functional groups attached to an aromatic ring is 1. The number of nitrogens with two attached hydrogens (primary N) is 1. The minimum atomic E-state index is -0.257. The normalized spacial score (nSPS) is 15.4. The Morgan fingerprint density at radius 2 is 2.03 bits per heavy atom. The van der Waals surface area contributed by atoms with Crippen LogP contribution in [0, 0.1) is 20.8 Å². The fraction of sp³-hybridized carbons (Fsp3) is 0.296. The van der Waals surface area contributed by atoms with Gasteiger partial charge in [-0.1, -0.05) is 23.8 Å². The smallest absolute Gasteiger partial charge is 0.263 e. The molecule has 7 nitrogen and oxygen atoms in total. The highest BCUT2D eigenvalue weighted by Gasteiger charge is 2.27. The molecule has 36 heavy (non-hydrogen) atoms. The van der Waals surface area contributed by atoms with Crippen molar-refractivity contribution >= 4 is 56.1 Å². The summed E-state index contributed by atoms with van der Waals surface area (Å²) in [6, 6.07) is 9.80. The molecule has 1 aliphatic rings. The Labute approximate surface area is 217 Å². The summed E-state index contributed by atoms with van der Waals surface area (Å²) < 4.78 is 5.62. The molecule has 0 bridgehead atoms. The topological polar surface area (TPSA) is 106 Å². The number of aromatic nitrogens is 1. The molecule has 2 amide bonds. The Hall–Kier alpha value is -3.27. The van der Waals surface area contributed by atoms with Gasteiger partial charge in [0.2, 0.25) is 0 Å². The van der Waals surface area contributed by atoms with Crippen LogP contribution in [-0.2, 0) is 4.74 Å². The number of hydrogen-bond acceptors (Lipinski definition) is 7. The van der Waals surface area contributed by atoms with Crippen LogP contribution in [0.15, 0.2) is 35.7 Å². The van der Waals surface area contributed by atoms with Crippen molar-refractivity contribution in [2.75, 3.05) is 24.2 Å². The lowest BCUT2D eigenvalue weighted by Crippen LogP contribution is -2.31. The number of benzene rings is 1. The lowest BCUT2D eigenvalue weighted by Gasteiger charge is -2.15. The van der Waals surface area contributed by atoms with Crippen LogP contribution < -0.4 is 16.4 Å². The first-order chi connectivity index (χ1) is 17.3. The number of ether oxygens (including phenoxy) is 1. The second-order valence-electron chi connectivity index (χ2n) is 9.07. The molecule has 186 valence electrons. The zero-order chi connectivity index (χ0) is 25.4. The number of rotatable bonds is 6.